The van der Waals surface area contributed by atoms with Gasteiger partial charge in [-0.25, -0.2) is 9.59 Å². The Morgan fingerprint density at radius 3 is 2.50 bits per heavy atom. The zero-order valence-corrected chi connectivity index (χ0v) is 11.7. The van der Waals surface area contributed by atoms with Gasteiger partial charge < -0.3 is 14.9 Å². The number of aliphatic carboxylic acids is 1. The minimum absolute atomic E-state index is 0.164. The van der Waals surface area contributed by atoms with Gasteiger partial charge in [0.2, 0.25) is 0 Å². The largest absolute Gasteiger partial charge is 0.480 e. The van der Waals surface area contributed by atoms with Crippen molar-refractivity contribution in [2.45, 2.75) is 52.1 Å². The maximum absolute atomic E-state index is 12.3. The van der Waals surface area contributed by atoms with Gasteiger partial charge >= 0.3 is 12.0 Å². The number of urea groups is 1. The number of carbonyl (C=O) groups is 2. The maximum atomic E-state index is 12.3. The summed E-state index contributed by atoms with van der Waals surface area (Å²) in [5, 5.41) is 9.10. The highest BCUT2D eigenvalue weighted by Crippen LogP contribution is 2.23. The molecule has 0 aromatic heterocycles. The summed E-state index contributed by atoms with van der Waals surface area (Å²) in [7, 11) is 1.58. The Morgan fingerprint density at radius 1 is 1.39 bits per heavy atom. The van der Waals surface area contributed by atoms with E-state index in [0.717, 1.165) is 19.4 Å². The molecule has 3 unspecified atom stereocenters. The van der Waals surface area contributed by atoms with Crippen LogP contribution in [0.4, 0.5) is 4.79 Å². The quantitative estimate of drug-likeness (QED) is 0.840. The maximum Gasteiger partial charge on any atom is 0.326 e. The van der Waals surface area contributed by atoms with Crippen molar-refractivity contribution in [3.05, 3.63) is 0 Å². The van der Waals surface area contributed by atoms with Gasteiger partial charge in [-0.15, -0.1) is 0 Å². The third kappa shape index (κ3) is 3.15. The molecule has 1 N–H and O–H groups in total. The standard InChI is InChI=1S/C13H24N2O3/c1-5-11(12(16)17)14(4)13(18)15-8-9(2)6-7-10(15)3/h9-11H,5-8H2,1-4H3,(H,16,17). The number of carboxylic acids is 1. The van der Waals surface area contributed by atoms with Crippen LogP contribution in [-0.4, -0.2) is 52.6 Å². The number of hydrogen-bond donors (Lipinski definition) is 1. The number of carboxylic acid groups (broad SMARTS) is 1. The summed E-state index contributed by atoms with van der Waals surface area (Å²) in [6.07, 6.45) is 2.55. The molecule has 0 bridgehead atoms. The molecule has 1 heterocycles. The van der Waals surface area contributed by atoms with E-state index in [1.807, 2.05) is 6.92 Å². The molecule has 0 radical (unpaired) electrons. The molecule has 1 fully saturated rings. The second-order valence-corrected chi connectivity index (χ2v) is 5.34. The number of amides is 2. The predicted molar refractivity (Wildman–Crippen MR) is 69.4 cm³/mol. The van der Waals surface area contributed by atoms with Crippen molar-refractivity contribution in [1.82, 2.24) is 9.80 Å². The number of hydrogen-bond acceptors (Lipinski definition) is 2. The fourth-order valence-electron chi connectivity index (χ4n) is 2.51. The van der Waals surface area contributed by atoms with Gasteiger partial charge in [-0.2, -0.15) is 0 Å². The summed E-state index contributed by atoms with van der Waals surface area (Å²) >= 11 is 0. The molecule has 0 aromatic carbocycles. The fourth-order valence-corrected chi connectivity index (χ4v) is 2.51. The Balaban J connectivity index is 2.75. The zero-order chi connectivity index (χ0) is 13.9. The van der Waals surface area contributed by atoms with Gasteiger partial charge in [0, 0.05) is 19.6 Å². The molecule has 1 saturated heterocycles. The first kappa shape index (κ1) is 14.8. The summed E-state index contributed by atoms with van der Waals surface area (Å²) < 4.78 is 0. The lowest BCUT2D eigenvalue weighted by molar-refractivity contribution is -0.142. The summed E-state index contributed by atoms with van der Waals surface area (Å²) in [5.74, 6) is -0.450. The lowest BCUT2D eigenvalue weighted by Gasteiger charge is -2.40. The Bertz CT molecular complexity index is 319. The molecule has 5 heteroatoms. The molecule has 0 saturated carbocycles. The van der Waals surface area contributed by atoms with Crippen molar-refractivity contribution in [2.75, 3.05) is 13.6 Å². The summed E-state index contributed by atoms with van der Waals surface area (Å²) in [6.45, 7) is 6.66. The van der Waals surface area contributed by atoms with Crippen molar-refractivity contribution < 1.29 is 14.7 Å². The first-order valence-corrected chi connectivity index (χ1v) is 6.64. The first-order valence-electron chi connectivity index (χ1n) is 6.64. The van der Waals surface area contributed by atoms with Gasteiger partial charge in [-0.3, -0.25) is 0 Å². The molecule has 0 aromatic rings. The average Bonchev–Trinajstić information content (AvgIpc) is 2.31. The molecule has 1 rings (SSSR count). The van der Waals surface area contributed by atoms with Gasteiger partial charge in [0.25, 0.3) is 0 Å². The van der Waals surface area contributed by atoms with Crippen LogP contribution in [0.3, 0.4) is 0 Å². The van der Waals surface area contributed by atoms with E-state index in [-0.39, 0.29) is 12.1 Å². The first-order chi connectivity index (χ1) is 8.38. The second-order valence-electron chi connectivity index (χ2n) is 5.34. The van der Waals surface area contributed by atoms with Crippen molar-refractivity contribution >= 4 is 12.0 Å². The van der Waals surface area contributed by atoms with Crippen LogP contribution in [-0.2, 0) is 4.79 Å². The average molecular weight is 256 g/mol. The van der Waals surface area contributed by atoms with Crippen LogP contribution < -0.4 is 0 Å². The number of likely N-dealkylation sites (N-methyl/N-ethyl adjacent to an activating group) is 1. The Hall–Kier alpha value is -1.26. The summed E-state index contributed by atoms with van der Waals surface area (Å²) in [4.78, 5) is 26.6. The third-order valence-electron chi connectivity index (χ3n) is 3.80. The minimum Gasteiger partial charge on any atom is -0.480 e. The predicted octanol–water partition coefficient (Wildman–Crippen LogP) is 2.02. The van der Waals surface area contributed by atoms with Crippen LogP contribution in [0.2, 0.25) is 0 Å². The van der Waals surface area contributed by atoms with E-state index in [1.165, 1.54) is 4.90 Å². The molecular formula is C13H24N2O3. The SMILES string of the molecule is CCC(C(=O)O)N(C)C(=O)N1CC(C)CCC1C. The van der Waals surface area contributed by atoms with Gasteiger partial charge in [0.05, 0.1) is 0 Å². The number of nitrogens with zero attached hydrogens (tertiary/aromatic N) is 2. The highest BCUT2D eigenvalue weighted by Gasteiger charge is 2.33. The zero-order valence-electron chi connectivity index (χ0n) is 11.7. The van der Waals surface area contributed by atoms with Crippen LogP contribution in [0.15, 0.2) is 0 Å². The lowest BCUT2D eigenvalue weighted by Crippen LogP contribution is -2.54. The minimum atomic E-state index is -0.939. The second kappa shape index (κ2) is 6.07. The summed E-state index contributed by atoms with van der Waals surface area (Å²) in [6, 6.07) is -0.701. The normalized spacial score (nSPS) is 25.7. The van der Waals surface area contributed by atoms with Gasteiger partial charge in [0.1, 0.15) is 6.04 Å². The van der Waals surface area contributed by atoms with Crippen molar-refractivity contribution in [2.24, 2.45) is 5.92 Å². The molecule has 2 amide bonds. The van der Waals surface area contributed by atoms with Gasteiger partial charge in [0.15, 0.2) is 0 Å². The molecule has 5 nitrogen and oxygen atoms in total. The van der Waals surface area contributed by atoms with Crippen molar-refractivity contribution in [3.63, 3.8) is 0 Å². The highest BCUT2D eigenvalue weighted by atomic mass is 16.4. The molecule has 18 heavy (non-hydrogen) atoms. The molecule has 1 aliphatic rings. The topological polar surface area (TPSA) is 60.9 Å². The molecular weight excluding hydrogens is 232 g/mol. The van der Waals surface area contributed by atoms with E-state index in [1.54, 1.807) is 18.9 Å². The molecule has 0 spiro atoms. The van der Waals surface area contributed by atoms with Crippen LogP contribution in [0, 0.1) is 5.92 Å². The van der Waals surface area contributed by atoms with E-state index in [4.69, 9.17) is 5.11 Å². The summed E-state index contributed by atoms with van der Waals surface area (Å²) in [5.41, 5.74) is 0. The highest BCUT2D eigenvalue weighted by molar-refractivity contribution is 5.82. The van der Waals surface area contributed by atoms with Gasteiger partial charge in [-0.1, -0.05) is 13.8 Å². The Morgan fingerprint density at radius 2 is 2.00 bits per heavy atom. The van der Waals surface area contributed by atoms with Crippen LogP contribution in [0.25, 0.3) is 0 Å². The van der Waals surface area contributed by atoms with Crippen LogP contribution >= 0.6 is 0 Å². The number of carbonyl (C=O) groups excluding carboxylic acids is 1. The fraction of sp³-hybridized carbons (Fsp3) is 0.846. The van der Waals surface area contributed by atoms with Crippen molar-refractivity contribution in [1.29, 1.82) is 0 Å². The van der Waals surface area contributed by atoms with E-state index in [9.17, 15) is 9.59 Å². The van der Waals surface area contributed by atoms with Crippen LogP contribution in [0.1, 0.15) is 40.0 Å². The molecule has 0 aliphatic carbocycles. The van der Waals surface area contributed by atoms with E-state index >= 15 is 0 Å². The van der Waals surface area contributed by atoms with E-state index < -0.39 is 12.0 Å². The third-order valence-corrected chi connectivity index (χ3v) is 3.80. The van der Waals surface area contributed by atoms with E-state index in [2.05, 4.69) is 6.92 Å². The van der Waals surface area contributed by atoms with Gasteiger partial charge in [-0.05, 0) is 32.1 Å². The Kier molecular flexibility index (Phi) is 4.99. The molecule has 104 valence electrons. The van der Waals surface area contributed by atoms with Crippen molar-refractivity contribution in [3.8, 4) is 0 Å². The number of piperidine rings is 1. The monoisotopic (exact) mass is 256 g/mol. The number of rotatable bonds is 3. The van der Waals surface area contributed by atoms with E-state index in [0.29, 0.717) is 12.3 Å². The van der Waals surface area contributed by atoms with Crippen LogP contribution in [0.5, 0.6) is 0 Å². The molecule has 3 atom stereocenters. The Labute approximate surface area is 109 Å². The molecule has 1 aliphatic heterocycles. The lowest BCUT2D eigenvalue weighted by atomic mass is 9.95. The number of likely N-dealkylation sites (tertiary alicyclic amines) is 1. The smallest absolute Gasteiger partial charge is 0.326 e.